The van der Waals surface area contributed by atoms with Gasteiger partial charge in [0, 0.05) is 37.2 Å². The lowest BCUT2D eigenvalue weighted by atomic mass is 9.93. The van der Waals surface area contributed by atoms with Gasteiger partial charge < -0.3 is 9.64 Å². The molecule has 1 aliphatic heterocycles. The van der Waals surface area contributed by atoms with E-state index in [4.69, 9.17) is 4.74 Å². The van der Waals surface area contributed by atoms with E-state index in [-0.39, 0.29) is 5.91 Å². The van der Waals surface area contributed by atoms with E-state index < -0.39 is 0 Å². The summed E-state index contributed by atoms with van der Waals surface area (Å²) in [5.74, 6) is 0.785. The summed E-state index contributed by atoms with van der Waals surface area (Å²) in [5, 5.41) is 2.08. The average Bonchev–Trinajstić information content (AvgIpc) is 3.16. The maximum absolute atomic E-state index is 12.8. The van der Waals surface area contributed by atoms with Crippen molar-refractivity contribution >= 4 is 17.2 Å². The van der Waals surface area contributed by atoms with E-state index in [2.05, 4.69) is 29.6 Å². The zero-order valence-corrected chi connectivity index (χ0v) is 15.1. The predicted molar refractivity (Wildman–Crippen MR) is 99.5 cm³/mol. The highest BCUT2D eigenvalue weighted by Gasteiger charge is 2.24. The first-order valence-corrected chi connectivity index (χ1v) is 9.58. The molecule has 128 valence electrons. The number of amides is 1. The summed E-state index contributed by atoms with van der Waals surface area (Å²) in [7, 11) is 1.75. The minimum atomic E-state index is 0.171. The molecule has 0 bridgehead atoms. The first-order chi connectivity index (χ1) is 11.8. The van der Waals surface area contributed by atoms with Gasteiger partial charge in [-0.05, 0) is 60.7 Å². The Morgan fingerprint density at radius 1 is 1.29 bits per heavy atom. The molecule has 0 N–H and O–H groups in total. The molecule has 0 spiro atoms. The predicted octanol–water partition coefficient (Wildman–Crippen LogP) is 4.69. The van der Waals surface area contributed by atoms with Crippen molar-refractivity contribution in [2.75, 3.05) is 26.8 Å². The quantitative estimate of drug-likeness (QED) is 0.712. The number of hydrogen-bond acceptors (Lipinski definition) is 3. The van der Waals surface area contributed by atoms with Gasteiger partial charge in [-0.2, -0.15) is 0 Å². The van der Waals surface area contributed by atoms with Gasteiger partial charge in [-0.1, -0.05) is 18.2 Å². The molecule has 3 nitrogen and oxygen atoms in total. The fraction of sp³-hybridized carbons (Fsp3) is 0.450. The summed E-state index contributed by atoms with van der Waals surface area (Å²) < 4.78 is 5.14. The van der Waals surface area contributed by atoms with Crippen LogP contribution in [0, 0.1) is 5.92 Å². The van der Waals surface area contributed by atoms with Crippen molar-refractivity contribution in [3.63, 3.8) is 0 Å². The lowest BCUT2D eigenvalue weighted by molar-refractivity contribution is 0.0660. The highest BCUT2D eigenvalue weighted by atomic mass is 32.1. The van der Waals surface area contributed by atoms with Crippen molar-refractivity contribution in [1.29, 1.82) is 0 Å². The molecule has 0 saturated carbocycles. The van der Waals surface area contributed by atoms with Gasteiger partial charge >= 0.3 is 0 Å². The number of ether oxygens (including phenoxy) is 1. The van der Waals surface area contributed by atoms with Gasteiger partial charge in [0.25, 0.3) is 5.91 Å². The maximum atomic E-state index is 12.8. The first kappa shape index (κ1) is 17.2. The minimum absolute atomic E-state index is 0.171. The van der Waals surface area contributed by atoms with E-state index in [0.717, 1.165) is 44.5 Å². The number of carbonyl (C=O) groups is 1. The zero-order chi connectivity index (χ0) is 16.8. The molecule has 2 heterocycles. The zero-order valence-electron chi connectivity index (χ0n) is 14.2. The largest absolute Gasteiger partial charge is 0.385 e. The second-order valence-electron chi connectivity index (χ2n) is 6.45. The van der Waals surface area contributed by atoms with E-state index in [0.29, 0.717) is 5.92 Å². The molecule has 3 rings (SSSR count). The first-order valence-electron chi connectivity index (χ1n) is 8.70. The van der Waals surface area contributed by atoms with Gasteiger partial charge in [0.2, 0.25) is 0 Å². The van der Waals surface area contributed by atoms with E-state index in [1.807, 2.05) is 17.0 Å². The second kappa shape index (κ2) is 8.45. The van der Waals surface area contributed by atoms with Crippen molar-refractivity contribution in [1.82, 2.24) is 4.90 Å². The van der Waals surface area contributed by atoms with Crippen LogP contribution >= 0.6 is 11.3 Å². The van der Waals surface area contributed by atoms with Crippen LogP contribution in [-0.2, 0) is 4.74 Å². The number of benzene rings is 1. The summed E-state index contributed by atoms with van der Waals surface area (Å²) in [5.41, 5.74) is 1.98. The van der Waals surface area contributed by atoms with Crippen LogP contribution in [0.4, 0.5) is 0 Å². The monoisotopic (exact) mass is 343 g/mol. The molecule has 0 aliphatic carbocycles. The highest BCUT2D eigenvalue weighted by Crippen LogP contribution is 2.26. The van der Waals surface area contributed by atoms with Crippen LogP contribution < -0.4 is 0 Å². The van der Waals surface area contributed by atoms with E-state index >= 15 is 0 Å². The van der Waals surface area contributed by atoms with E-state index in [1.54, 1.807) is 18.4 Å². The number of piperidine rings is 1. The van der Waals surface area contributed by atoms with Crippen molar-refractivity contribution in [2.45, 2.75) is 25.7 Å². The molecular weight excluding hydrogens is 318 g/mol. The second-order valence-corrected chi connectivity index (χ2v) is 7.40. The molecule has 1 aromatic carbocycles. The molecule has 1 saturated heterocycles. The van der Waals surface area contributed by atoms with Gasteiger partial charge in [0.1, 0.15) is 0 Å². The fourth-order valence-corrected chi connectivity index (χ4v) is 4.14. The number of carbonyl (C=O) groups excluding carboxylic acids is 1. The lowest BCUT2D eigenvalue weighted by Crippen LogP contribution is -2.40. The Kier molecular flexibility index (Phi) is 6.05. The van der Waals surface area contributed by atoms with Crippen LogP contribution in [-0.4, -0.2) is 37.6 Å². The van der Waals surface area contributed by atoms with Gasteiger partial charge in [-0.15, -0.1) is 11.3 Å². The van der Waals surface area contributed by atoms with Gasteiger partial charge in [0.05, 0.1) is 0 Å². The van der Waals surface area contributed by atoms with E-state index in [9.17, 15) is 4.79 Å². The van der Waals surface area contributed by atoms with Crippen molar-refractivity contribution in [3.8, 4) is 10.4 Å². The van der Waals surface area contributed by atoms with Crippen molar-refractivity contribution in [3.05, 3.63) is 47.3 Å². The standard InChI is InChI=1S/C20H25NO2S/c1-23-13-3-6-16-5-2-12-21(15-16)20(22)18-10-8-17(9-11-18)19-7-4-14-24-19/h4,7-11,14,16H,2-3,5-6,12-13,15H2,1H3. The summed E-state index contributed by atoms with van der Waals surface area (Å²) in [4.78, 5) is 16.0. The van der Waals surface area contributed by atoms with Gasteiger partial charge in [0.15, 0.2) is 0 Å². The van der Waals surface area contributed by atoms with Crippen molar-refractivity contribution < 1.29 is 9.53 Å². The SMILES string of the molecule is COCCCC1CCCN(C(=O)c2ccc(-c3cccs3)cc2)C1. The average molecular weight is 343 g/mol. The third kappa shape index (κ3) is 4.25. The summed E-state index contributed by atoms with van der Waals surface area (Å²) in [6, 6.07) is 12.2. The summed E-state index contributed by atoms with van der Waals surface area (Å²) >= 11 is 1.72. The molecule has 24 heavy (non-hydrogen) atoms. The molecule has 1 aromatic heterocycles. The van der Waals surface area contributed by atoms with Gasteiger partial charge in [-0.25, -0.2) is 0 Å². The number of hydrogen-bond donors (Lipinski definition) is 0. The molecule has 1 fully saturated rings. The number of nitrogens with zero attached hydrogens (tertiary/aromatic N) is 1. The van der Waals surface area contributed by atoms with Crippen LogP contribution in [0.5, 0.6) is 0 Å². The highest BCUT2D eigenvalue weighted by molar-refractivity contribution is 7.13. The summed E-state index contributed by atoms with van der Waals surface area (Å²) in [6.07, 6.45) is 4.56. The molecule has 1 amide bonds. The Morgan fingerprint density at radius 3 is 2.83 bits per heavy atom. The molecule has 1 atom stereocenters. The molecule has 1 unspecified atom stereocenters. The Balaban J connectivity index is 1.61. The number of methoxy groups -OCH3 is 1. The molecule has 4 heteroatoms. The van der Waals surface area contributed by atoms with Crippen LogP contribution in [0.25, 0.3) is 10.4 Å². The topological polar surface area (TPSA) is 29.5 Å². The maximum Gasteiger partial charge on any atom is 0.253 e. The van der Waals surface area contributed by atoms with Crippen LogP contribution in [0.3, 0.4) is 0 Å². The Hall–Kier alpha value is -1.65. The Labute approximate surface area is 148 Å². The Bertz CT molecular complexity index is 636. The molecular formula is C20H25NO2S. The van der Waals surface area contributed by atoms with Crippen LogP contribution in [0.2, 0.25) is 0 Å². The molecule has 2 aromatic rings. The van der Waals surface area contributed by atoms with E-state index in [1.165, 1.54) is 16.9 Å². The van der Waals surface area contributed by atoms with Crippen molar-refractivity contribution in [2.24, 2.45) is 5.92 Å². The molecule has 0 radical (unpaired) electrons. The summed E-state index contributed by atoms with van der Waals surface area (Å²) in [6.45, 7) is 2.58. The minimum Gasteiger partial charge on any atom is -0.385 e. The molecule has 1 aliphatic rings. The van der Waals surface area contributed by atoms with Crippen LogP contribution in [0.15, 0.2) is 41.8 Å². The third-order valence-corrected chi connectivity index (χ3v) is 5.62. The third-order valence-electron chi connectivity index (χ3n) is 4.70. The van der Waals surface area contributed by atoms with Gasteiger partial charge in [-0.3, -0.25) is 4.79 Å². The number of rotatable bonds is 6. The Morgan fingerprint density at radius 2 is 2.12 bits per heavy atom. The number of thiophene rings is 1. The smallest absolute Gasteiger partial charge is 0.253 e. The lowest BCUT2D eigenvalue weighted by Gasteiger charge is -2.33. The number of likely N-dealkylation sites (tertiary alicyclic amines) is 1. The normalized spacial score (nSPS) is 17.9. The fourth-order valence-electron chi connectivity index (χ4n) is 3.40. The van der Waals surface area contributed by atoms with Crippen LogP contribution in [0.1, 0.15) is 36.0 Å².